The Hall–Kier alpha value is -2.40. The van der Waals surface area contributed by atoms with Gasteiger partial charge in [0.1, 0.15) is 5.56 Å². The Morgan fingerprint density at radius 1 is 1.26 bits per heavy atom. The average molecular weight is 314 g/mol. The Morgan fingerprint density at radius 3 is 2.52 bits per heavy atom. The van der Waals surface area contributed by atoms with Crippen molar-refractivity contribution in [3.05, 3.63) is 69.1 Å². The Balaban J connectivity index is 2.21. The number of benzene rings is 1. The third kappa shape index (κ3) is 3.87. The fraction of sp³-hybridized carbons (Fsp3) is 0.333. The molecule has 0 saturated carbocycles. The van der Waals surface area contributed by atoms with Gasteiger partial charge < -0.3 is 15.0 Å². The summed E-state index contributed by atoms with van der Waals surface area (Å²) in [4.78, 5) is 24.8. The minimum absolute atomic E-state index is 0.129. The van der Waals surface area contributed by atoms with Gasteiger partial charge in [-0.05, 0) is 37.5 Å². The molecule has 0 aliphatic rings. The first-order valence-corrected chi connectivity index (χ1v) is 7.57. The molecule has 1 atom stereocenters. The van der Waals surface area contributed by atoms with Gasteiger partial charge in [0.15, 0.2) is 0 Å². The van der Waals surface area contributed by atoms with Gasteiger partial charge in [0.05, 0.1) is 12.6 Å². The molecule has 1 heterocycles. The van der Waals surface area contributed by atoms with E-state index >= 15 is 0 Å². The molecule has 1 aromatic carbocycles. The highest BCUT2D eigenvalue weighted by Crippen LogP contribution is 2.07. The number of aliphatic hydroxyl groups is 1. The molecule has 0 bridgehead atoms. The Kier molecular flexibility index (Phi) is 5.34. The van der Waals surface area contributed by atoms with Gasteiger partial charge in [-0.15, -0.1) is 0 Å². The maximum absolute atomic E-state index is 12.5. The first kappa shape index (κ1) is 17.0. The van der Waals surface area contributed by atoms with Crippen molar-refractivity contribution in [3.63, 3.8) is 0 Å². The highest BCUT2D eigenvalue weighted by Gasteiger charge is 2.19. The summed E-state index contributed by atoms with van der Waals surface area (Å²) in [6.45, 7) is 3.38. The molecule has 5 nitrogen and oxygen atoms in total. The van der Waals surface area contributed by atoms with Crippen LogP contribution in [0.5, 0.6) is 0 Å². The van der Waals surface area contributed by atoms with E-state index < -0.39 is 11.9 Å². The third-order valence-electron chi connectivity index (χ3n) is 3.97. The molecule has 1 unspecified atom stereocenters. The van der Waals surface area contributed by atoms with Gasteiger partial charge in [-0.3, -0.25) is 9.59 Å². The van der Waals surface area contributed by atoms with Gasteiger partial charge in [-0.2, -0.15) is 0 Å². The number of carbonyl (C=O) groups excluding carboxylic acids is 1. The highest BCUT2D eigenvalue weighted by atomic mass is 16.3. The molecule has 2 rings (SSSR count). The number of hydrogen-bond acceptors (Lipinski definition) is 3. The SMILES string of the molecule is Cc1cc(C)n(C)c(=O)c1C(=O)NC(CO)Cc1ccccc1. The summed E-state index contributed by atoms with van der Waals surface area (Å²) in [6, 6.07) is 11.0. The fourth-order valence-corrected chi connectivity index (χ4v) is 2.57. The van der Waals surface area contributed by atoms with Crippen molar-refractivity contribution in [2.24, 2.45) is 7.05 Å². The predicted molar refractivity (Wildman–Crippen MR) is 89.6 cm³/mol. The molecule has 1 amide bonds. The molecule has 1 aromatic heterocycles. The van der Waals surface area contributed by atoms with Crippen LogP contribution in [0, 0.1) is 13.8 Å². The molecule has 0 aliphatic heterocycles. The molecule has 0 radical (unpaired) electrons. The normalized spacial score (nSPS) is 12.0. The van der Waals surface area contributed by atoms with E-state index in [4.69, 9.17) is 0 Å². The van der Waals surface area contributed by atoms with Gasteiger partial charge in [-0.1, -0.05) is 30.3 Å². The Labute approximate surface area is 135 Å². The minimum atomic E-state index is -0.446. The largest absolute Gasteiger partial charge is 0.394 e. The molecule has 0 fully saturated rings. The summed E-state index contributed by atoms with van der Waals surface area (Å²) in [5.74, 6) is -0.446. The second-order valence-corrected chi connectivity index (χ2v) is 5.75. The van der Waals surface area contributed by atoms with Crippen LogP contribution in [0.15, 0.2) is 41.2 Å². The van der Waals surface area contributed by atoms with E-state index in [-0.39, 0.29) is 17.7 Å². The summed E-state index contributed by atoms with van der Waals surface area (Å²) in [5, 5.41) is 12.3. The number of nitrogens with one attached hydrogen (secondary N) is 1. The second kappa shape index (κ2) is 7.24. The van der Waals surface area contributed by atoms with Crippen LogP contribution in [0.25, 0.3) is 0 Å². The van der Waals surface area contributed by atoms with Gasteiger partial charge in [0.25, 0.3) is 11.5 Å². The molecular weight excluding hydrogens is 292 g/mol. The topological polar surface area (TPSA) is 71.3 Å². The minimum Gasteiger partial charge on any atom is -0.394 e. The van der Waals surface area contributed by atoms with Crippen LogP contribution in [-0.4, -0.2) is 28.2 Å². The fourth-order valence-electron chi connectivity index (χ4n) is 2.57. The summed E-state index contributed by atoms with van der Waals surface area (Å²) >= 11 is 0. The number of aromatic nitrogens is 1. The molecule has 0 aliphatic carbocycles. The van der Waals surface area contributed by atoms with E-state index in [0.717, 1.165) is 11.3 Å². The standard InChI is InChI=1S/C18H22N2O3/c1-12-9-13(2)20(3)18(23)16(12)17(22)19-15(11-21)10-14-7-5-4-6-8-14/h4-9,15,21H,10-11H2,1-3H3,(H,19,22). The zero-order valence-electron chi connectivity index (χ0n) is 13.7. The molecule has 0 saturated heterocycles. The lowest BCUT2D eigenvalue weighted by Gasteiger charge is -2.18. The third-order valence-corrected chi connectivity index (χ3v) is 3.97. The van der Waals surface area contributed by atoms with Gasteiger partial charge in [0.2, 0.25) is 0 Å². The molecule has 122 valence electrons. The van der Waals surface area contributed by atoms with E-state index in [1.54, 1.807) is 14.0 Å². The van der Waals surface area contributed by atoms with Crippen LogP contribution in [0.1, 0.15) is 27.2 Å². The van der Waals surface area contributed by atoms with E-state index in [1.807, 2.05) is 43.3 Å². The van der Waals surface area contributed by atoms with Gasteiger partial charge in [-0.25, -0.2) is 0 Å². The number of amides is 1. The number of pyridine rings is 1. The van der Waals surface area contributed by atoms with Crippen molar-refractivity contribution < 1.29 is 9.90 Å². The Morgan fingerprint density at radius 2 is 1.91 bits per heavy atom. The number of aryl methyl sites for hydroxylation is 2. The van der Waals surface area contributed by atoms with Crippen molar-refractivity contribution in [3.8, 4) is 0 Å². The van der Waals surface area contributed by atoms with Crippen LogP contribution in [-0.2, 0) is 13.5 Å². The first-order chi connectivity index (χ1) is 10.9. The van der Waals surface area contributed by atoms with Crippen LogP contribution in [0.4, 0.5) is 0 Å². The van der Waals surface area contributed by atoms with Crippen molar-refractivity contribution in [2.75, 3.05) is 6.61 Å². The van der Waals surface area contributed by atoms with Gasteiger partial charge in [0, 0.05) is 12.7 Å². The molecule has 5 heteroatoms. The maximum Gasteiger partial charge on any atom is 0.263 e. The molecular formula is C18H22N2O3. The number of hydrogen-bond donors (Lipinski definition) is 2. The zero-order chi connectivity index (χ0) is 17.0. The summed E-state index contributed by atoms with van der Waals surface area (Å²) in [7, 11) is 1.64. The number of carbonyl (C=O) groups is 1. The van der Waals surface area contributed by atoms with E-state index in [0.29, 0.717) is 12.0 Å². The van der Waals surface area contributed by atoms with Crippen molar-refractivity contribution >= 4 is 5.91 Å². The van der Waals surface area contributed by atoms with E-state index in [1.165, 1.54) is 4.57 Å². The van der Waals surface area contributed by atoms with Gasteiger partial charge >= 0.3 is 0 Å². The van der Waals surface area contributed by atoms with E-state index in [9.17, 15) is 14.7 Å². The number of nitrogens with zero attached hydrogens (tertiary/aromatic N) is 1. The predicted octanol–water partition coefficient (Wildman–Crippen LogP) is 1.34. The molecule has 0 spiro atoms. The summed E-state index contributed by atoms with van der Waals surface area (Å²) in [5.41, 5.74) is 2.26. The van der Waals surface area contributed by atoms with Crippen LogP contribution in [0.3, 0.4) is 0 Å². The smallest absolute Gasteiger partial charge is 0.263 e. The monoisotopic (exact) mass is 314 g/mol. The first-order valence-electron chi connectivity index (χ1n) is 7.57. The lowest BCUT2D eigenvalue weighted by atomic mass is 10.0. The molecule has 2 N–H and O–H groups in total. The summed E-state index contributed by atoms with van der Waals surface area (Å²) < 4.78 is 1.45. The number of rotatable bonds is 5. The highest BCUT2D eigenvalue weighted by molar-refractivity contribution is 5.95. The van der Waals surface area contributed by atoms with E-state index in [2.05, 4.69) is 5.32 Å². The number of aliphatic hydroxyl groups excluding tert-OH is 1. The van der Waals surface area contributed by atoms with Crippen molar-refractivity contribution in [1.29, 1.82) is 0 Å². The molecule has 23 heavy (non-hydrogen) atoms. The van der Waals surface area contributed by atoms with Crippen LogP contribution in [0.2, 0.25) is 0 Å². The maximum atomic E-state index is 12.5. The van der Waals surface area contributed by atoms with Crippen LogP contribution >= 0.6 is 0 Å². The average Bonchev–Trinajstić information content (AvgIpc) is 2.53. The Bertz CT molecular complexity index is 751. The van der Waals surface area contributed by atoms with Crippen molar-refractivity contribution in [1.82, 2.24) is 9.88 Å². The zero-order valence-corrected chi connectivity index (χ0v) is 13.7. The summed E-state index contributed by atoms with van der Waals surface area (Å²) in [6.07, 6.45) is 0.508. The molecule has 2 aromatic rings. The quantitative estimate of drug-likeness (QED) is 0.875. The second-order valence-electron chi connectivity index (χ2n) is 5.75. The lowest BCUT2D eigenvalue weighted by Crippen LogP contribution is -2.42. The lowest BCUT2D eigenvalue weighted by molar-refractivity contribution is 0.0913. The van der Waals surface area contributed by atoms with Crippen LogP contribution < -0.4 is 10.9 Å². The van der Waals surface area contributed by atoms with Crippen molar-refractivity contribution in [2.45, 2.75) is 26.3 Å².